The molecule has 2 heteroatoms. The third-order valence-electron chi connectivity index (χ3n) is 1.62. The van der Waals surface area contributed by atoms with Gasteiger partial charge >= 0.3 is 0 Å². The number of halogens is 1. The van der Waals surface area contributed by atoms with Gasteiger partial charge in [0.05, 0.1) is 6.61 Å². The number of ether oxygens (including phenoxy) is 1. The van der Waals surface area contributed by atoms with Crippen molar-refractivity contribution in [2.45, 2.75) is 13.5 Å². The first kappa shape index (κ1) is 9.76. The van der Waals surface area contributed by atoms with Crippen LogP contribution >= 0.6 is 0 Å². The minimum Gasteiger partial charge on any atom is -0.380 e. The SMILES string of the molecule is CC#Cc1ccc(COC)c(F)c1. The highest BCUT2D eigenvalue weighted by Crippen LogP contribution is 2.10. The maximum Gasteiger partial charge on any atom is 0.129 e. The molecule has 68 valence electrons. The third kappa shape index (κ3) is 2.57. The van der Waals surface area contributed by atoms with Crippen LogP contribution in [0.15, 0.2) is 18.2 Å². The van der Waals surface area contributed by atoms with E-state index >= 15 is 0 Å². The number of rotatable bonds is 2. The average Bonchev–Trinajstić information content (AvgIpc) is 2.10. The van der Waals surface area contributed by atoms with Crippen molar-refractivity contribution >= 4 is 0 Å². The van der Waals surface area contributed by atoms with Gasteiger partial charge in [-0.25, -0.2) is 4.39 Å². The maximum absolute atomic E-state index is 13.2. The zero-order valence-corrected chi connectivity index (χ0v) is 7.73. The molecule has 0 atom stereocenters. The van der Waals surface area contributed by atoms with E-state index in [2.05, 4.69) is 11.8 Å². The predicted molar refractivity (Wildman–Crippen MR) is 49.7 cm³/mol. The van der Waals surface area contributed by atoms with Gasteiger partial charge in [-0.3, -0.25) is 0 Å². The van der Waals surface area contributed by atoms with E-state index in [1.165, 1.54) is 6.07 Å². The highest BCUT2D eigenvalue weighted by molar-refractivity contribution is 5.36. The second-order valence-electron chi connectivity index (χ2n) is 2.61. The van der Waals surface area contributed by atoms with Crippen LogP contribution in [0, 0.1) is 17.7 Å². The normalized spacial score (nSPS) is 9.15. The second-order valence-corrected chi connectivity index (χ2v) is 2.61. The van der Waals surface area contributed by atoms with Gasteiger partial charge in [0.1, 0.15) is 5.82 Å². The first-order valence-corrected chi connectivity index (χ1v) is 3.98. The Morgan fingerprint density at radius 1 is 1.46 bits per heavy atom. The van der Waals surface area contributed by atoms with Crippen LogP contribution in [0.5, 0.6) is 0 Å². The lowest BCUT2D eigenvalue weighted by atomic mass is 10.1. The van der Waals surface area contributed by atoms with Crippen molar-refractivity contribution in [2.24, 2.45) is 0 Å². The summed E-state index contributed by atoms with van der Waals surface area (Å²) in [6.45, 7) is 2.02. The van der Waals surface area contributed by atoms with E-state index in [0.717, 1.165) is 0 Å². The minimum atomic E-state index is -0.262. The lowest BCUT2D eigenvalue weighted by Crippen LogP contribution is -1.92. The first-order valence-electron chi connectivity index (χ1n) is 3.98. The fourth-order valence-corrected chi connectivity index (χ4v) is 1.04. The molecular formula is C11H11FO. The van der Waals surface area contributed by atoms with E-state index in [0.29, 0.717) is 17.7 Å². The van der Waals surface area contributed by atoms with Crippen molar-refractivity contribution in [1.29, 1.82) is 0 Å². The highest BCUT2D eigenvalue weighted by atomic mass is 19.1. The van der Waals surface area contributed by atoms with Crippen molar-refractivity contribution in [3.05, 3.63) is 35.1 Å². The Morgan fingerprint density at radius 3 is 2.77 bits per heavy atom. The summed E-state index contributed by atoms with van der Waals surface area (Å²) in [7, 11) is 1.54. The number of methoxy groups -OCH3 is 1. The van der Waals surface area contributed by atoms with Gasteiger partial charge < -0.3 is 4.74 Å². The first-order chi connectivity index (χ1) is 6.27. The molecule has 0 aromatic heterocycles. The standard InChI is InChI=1S/C11H11FO/c1-3-4-9-5-6-10(8-13-2)11(12)7-9/h5-7H,8H2,1-2H3. The molecule has 13 heavy (non-hydrogen) atoms. The van der Waals surface area contributed by atoms with Crippen LogP contribution in [0.4, 0.5) is 4.39 Å². The Labute approximate surface area is 77.5 Å². The van der Waals surface area contributed by atoms with Crippen LogP contribution in [0.2, 0.25) is 0 Å². The smallest absolute Gasteiger partial charge is 0.129 e. The summed E-state index contributed by atoms with van der Waals surface area (Å²) < 4.78 is 18.0. The quantitative estimate of drug-likeness (QED) is 0.631. The summed E-state index contributed by atoms with van der Waals surface area (Å²) in [4.78, 5) is 0. The molecule has 1 rings (SSSR count). The van der Waals surface area contributed by atoms with Crippen LogP contribution in [0.3, 0.4) is 0 Å². The van der Waals surface area contributed by atoms with E-state index in [4.69, 9.17) is 4.74 Å². The zero-order chi connectivity index (χ0) is 9.68. The molecule has 1 aromatic rings. The zero-order valence-electron chi connectivity index (χ0n) is 7.73. The van der Waals surface area contributed by atoms with Crippen molar-refractivity contribution < 1.29 is 9.13 Å². The summed E-state index contributed by atoms with van der Waals surface area (Å²) in [6, 6.07) is 4.90. The number of hydrogen-bond donors (Lipinski definition) is 0. The molecule has 0 fully saturated rings. The van der Waals surface area contributed by atoms with E-state index in [1.807, 2.05) is 0 Å². The van der Waals surface area contributed by atoms with Gasteiger partial charge in [0.2, 0.25) is 0 Å². The Balaban J connectivity index is 2.96. The molecule has 1 nitrogen and oxygen atoms in total. The summed E-state index contributed by atoms with van der Waals surface area (Å²) in [5.74, 6) is 5.24. The van der Waals surface area contributed by atoms with Gasteiger partial charge in [0.15, 0.2) is 0 Å². The van der Waals surface area contributed by atoms with Gasteiger partial charge in [0.25, 0.3) is 0 Å². The van der Waals surface area contributed by atoms with Crippen molar-refractivity contribution in [3.63, 3.8) is 0 Å². The molecular weight excluding hydrogens is 167 g/mol. The molecule has 1 aromatic carbocycles. The molecule has 0 unspecified atom stereocenters. The third-order valence-corrected chi connectivity index (χ3v) is 1.62. The van der Waals surface area contributed by atoms with Crippen molar-refractivity contribution in [1.82, 2.24) is 0 Å². The molecule has 0 saturated heterocycles. The van der Waals surface area contributed by atoms with Crippen LogP contribution in [-0.2, 0) is 11.3 Å². The molecule has 0 aliphatic heterocycles. The molecule has 0 spiro atoms. The van der Waals surface area contributed by atoms with Crippen molar-refractivity contribution in [2.75, 3.05) is 7.11 Å². The van der Waals surface area contributed by atoms with Crippen LogP contribution in [0.25, 0.3) is 0 Å². The van der Waals surface area contributed by atoms with Gasteiger partial charge in [-0.05, 0) is 19.1 Å². The van der Waals surface area contributed by atoms with Gasteiger partial charge in [-0.2, -0.15) is 0 Å². The Morgan fingerprint density at radius 2 is 2.23 bits per heavy atom. The lowest BCUT2D eigenvalue weighted by molar-refractivity contribution is 0.181. The molecule has 0 amide bonds. The van der Waals surface area contributed by atoms with Crippen LogP contribution in [0.1, 0.15) is 18.1 Å². The Bertz CT molecular complexity index is 347. The molecule has 0 aliphatic carbocycles. The van der Waals surface area contributed by atoms with Crippen molar-refractivity contribution in [3.8, 4) is 11.8 Å². The molecule has 0 heterocycles. The predicted octanol–water partition coefficient (Wildman–Crippen LogP) is 2.34. The fourth-order valence-electron chi connectivity index (χ4n) is 1.04. The number of hydrogen-bond acceptors (Lipinski definition) is 1. The molecule has 0 aliphatic rings. The fraction of sp³-hybridized carbons (Fsp3) is 0.273. The van der Waals surface area contributed by atoms with Crippen LogP contribution in [-0.4, -0.2) is 7.11 Å². The van der Waals surface area contributed by atoms with E-state index < -0.39 is 0 Å². The van der Waals surface area contributed by atoms with E-state index in [-0.39, 0.29) is 5.82 Å². The summed E-state index contributed by atoms with van der Waals surface area (Å²) in [5.41, 5.74) is 1.25. The molecule has 0 saturated carbocycles. The summed E-state index contributed by atoms with van der Waals surface area (Å²) in [6.07, 6.45) is 0. The van der Waals surface area contributed by atoms with Gasteiger partial charge in [-0.15, -0.1) is 5.92 Å². The monoisotopic (exact) mass is 178 g/mol. The lowest BCUT2D eigenvalue weighted by Gasteiger charge is -2.01. The van der Waals surface area contributed by atoms with Crippen LogP contribution < -0.4 is 0 Å². The minimum absolute atomic E-state index is 0.262. The topological polar surface area (TPSA) is 9.23 Å². The Hall–Kier alpha value is -1.33. The number of benzene rings is 1. The summed E-state index contributed by atoms with van der Waals surface area (Å²) in [5, 5.41) is 0. The summed E-state index contributed by atoms with van der Waals surface area (Å²) >= 11 is 0. The Kier molecular flexibility index (Phi) is 3.48. The highest BCUT2D eigenvalue weighted by Gasteiger charge is 2.01. The molecule has 0 bridgehead atoms. The van der Waals surface area contributed by atoms with Gasteiger partial charge in [0, 0.05) is 18.2 Å². The largest absolute Gasteiger partial charge is 0.380 e. The van der Waals surface area contributed by atoms with E-state index in [1.54, 1.807) is 26.2 Å². The molecule has 0 N–H and O–H groups in total. The maximum atomic E-state index is 13.2. The second kappa shape index (κ2) is 4.64. The average molecular weight is 178 g/mol. The van der Waals surface area contributed by atoms with E-state index in [9.17, 15) is 4.39 Å². The van der Waals surface area contributed by atoms with Gasteiger partial charge in [-0.1, -0.05) is 12.0 Å². The molecule has 0 radical (unpaired) electrons.